The predicted octanol–water partition coefficient (Wildman–Crippen LogP) is 2.02. The van der Waals surface area contributed by atoms with Crippen molar-refractivity contribution in [3.05, 3.63) is 39.4 Å². The Bertz CT molecular complexity index is 794. The minimum absolute atomic E-state index is 0.0561. The van der Waals surface area contributed by atoms with Gasteiger partial charge in [0.05, 0.1) is 16.1 Å². The Labute approximate surface area is 156 Å². The Hall–Kier alpha value is -2.97. The van der Waals surface area contributed by atoms with Crippen LogP contribution in [0.1, 0.15) is 46.9 Å². The molecule has 0 aromatic heterocycles. The number of nitro benzene ring substituents is 1. The number of fused-ring (bicyclic) bond motifs is 1. The van der Waals surface area contributed by atoms with Crippen LogP contribution in [0.3, 0.4) is 0 Å². The van der Waals surface area contributed by atoms with E-state index in [1.165, 1.54) is 12.1 Å². The molecule has 1 atom stereocenters. The summed E-state index contributed by atoms with van der Waals surface area (Å²) in [7, 11) is 0. The molecule has 0 aliphatic carbocycles. The number of likely N-dealkylation sites (tertiary alicyclic amines) is 1. The van der Waals surface area contributed by atoms with Crippen LogP contribution in [0.4, 0.5) is 10.5 Å². The number of urea groups is 1. The molecule has 1 aromatic rings. The van der Waals surface area contributed by atoms with Gasteiger partial charge in [0, 0.05) is 38.3 Å². The van der Waals surface area contributed by atoms with E-state index in [1.807, 2.05) is 0 Å². The number of benzene rings is 1. The molecule has 9 heteroatoms. The Morgan fingerprint density at radius 2 is 2.04 bits per heavy atom. The monoisotopic (exact) mass is 374 g/mol. The molecule has 1 aromatic carbocycles. The summed E-state index contributed by atoms with van der Waals surface area (Å²) in [4.78, 5) is 50.0. The van der Waals surface area contributed by atoms with Gasteiger partial charge in [0.15, 0.2) is 0 Å². The molecule has 9 nitrogen and oxygen atoms in total. The largest absolute Gasteiger partial charge is 0.338 e. The van der Waals surface area contributed by atoms with Gasteiger partial charge in [0.2, 0.25) is 0 Å². The van der Waals surface area contributed by atoms with E-state index < -0.39 is 16.7 Å². The van der Waals surface area contributed by atoms with E-state index in [0.29, 0.717) is 18.9 Å². The normalized spacial score (nSPS) is 19.2. The number of piperidine rings is 1. The van der Waals surface area contributed by atoms with Crippen LogP contribution in [-0.2, 0) is 0 Å². The van der Waals surface area contributed by atoms with E-state index >= 15 is 0 Å². The third-order valence-electron chi connectivity index (χ3n) is 4.94. The van der Waals surface area contributed by atoms with Crippen molar-refractivity contribution in [3.8, 4) is 0 Å². The van der Waals surface area contributed by atoms with Crippen molar-refractivity contribution in [2.45, 2.75) is 26.2 Å². The molecule has 0 saturated carbocycles. The average molecular weight is 374 g/mol. The molecule has 144 valence electrons. The quantitative estimate of drug-likeness (QED) is 0.367. The first-order valence-electron chi connectivity index (χ1n) is 9.06. The first kappa shape index (κ1) is 18.8. The number of hydrogen-bond donors (Lipinski definition) is 1. The highest BCUT2D eigenvalue weighted by Crippen LogP contribution is 2.26. The standard InChI is InChI=1S/C18H22N4O5/c1-12-4-2-8-20(11-12)18(25)19-7-3-9-21-16(23)14-6-5-13(22(26)27)10-15(14)17(21)24/h5-6,10,12H,2-4,7-9,11H2,1H3,(H,19,25). The highest BCUT2D eigenvalue weighted by molar-refractivity contribution is 6.21. The molecule has 2 aliphatic heterocycles. The first-order valence-corrected chi connectivity index (χ1v) is 9.06. The lowest BCUT2D eigenvalue weighted by atomic mass is 10.0. The summed E-state index contributed by atoms with van der Waals surface area (Å²) in [6.45, 7) is 4.09. The molecular weight excluding hydrogens is 352 g/mol. The van der Waals surface area contributed by atoms with Crippen molar-refractivity contribution in [2.75, 3.05) is 26.2 Å². The van der Waals surface area contributed by atoms with Crippen LogP contribution in [0.5, 0.6) is 0 Å². The number of amides is 4. The molecule has 0 radical (unpaired) electrons. The minimum Gasteiger partial charge on any atom is -0.338 e. The number of rotatable bonds is 5. The maximum Gasteiger partial charge on any atom is 0.317 e. The van der Waals surface area contributed by atoms with Crippen LogP contribution in [0, 0.1) is 16.0 Å². The summed E-state index contributed by atoms with van der Waals surface area (Å²) in [5.41, 5.74) is 0.0113. The second-order valence-corrected chi connectivity index (χ2v) is 7.03. The third kappa shape index (κ3) is 3.91. The number of carbonyl (C=O) groups excluding carboxylic acids is 3. The second-order valence-electron chi connectivity index (χ2n) is 7.03. The SMILES string of the molecule is CC1CCCN(C(=O)NCCCN2C(=O)c3ccc([N+](=O)[O-])cc3C2=O)C1. The van der Waals surface area contributed by atoms with E-state index in [1.54, 1.807) is 4.90 Å². The number of nitrogens with one attached hydrogen (secondary N) is 1. The molecular formula is C18H22N4O5. The number of hydrogen-bond acceptors (Lipinski definition) is 5. The van der Waals surface area contributed by atoms with Gasteiger partial charge >= 0.3 is 6.03 Å². The summed E-state index contributed by atoms with van der Waals surface area (Å²) in [5.74, 6) is -0.497. The summed E-state index contributed by atoms with van der Waals surface area (Å²) < 4.78 is 0. The lowest BCUT2D eigenvalue weighted by Gasteiger charge is -2.31. The topological polar surface area (TPSA) is 113 Å². The molecule has 2 heterocycles. The van der Waals surface area contributed by atoms with Crippen molar-refractivity contribution >= 4 is 23.5 Å². The van der Waals surface area contributed by atoms with Gasteiger partial charge in [-0.15, -0.1) is 0 Å². The van der Waals surface area contributed by atoms with Crippen LogP contribution in [0.25, 0.3) is 0 Å². The zero-order valence-electron chi connectivity index (χ0n) is 15.1. The molecule has 27 heavy (non-hydrogen) atoms. The smallest absolute Gasteiger partial charge is 0.317 e. The number of carbonyl (C=O) groups is 3. The van der Waals surface area contributed by atoms with Gasteiger partial charge < -0.3 is 10.2 Å². The first-order chi connectivity index (χ1) is 12.9. The third-order valence-corrected chi connectivity index (χ3v) is 4.94. The molecule has 1 saturated heterocycles. The average Bonchev–Trinajstić information content (AvgIpc) is 2.89. The van der Waals surface area contributed by atoms with E-state index in [-0.39, 0.29) is 29.4 Å². The number of nitrogens with zero attached hydrogens (tertiary/aromatic N) is 3. The lowest BCUT2D eigenvalue weighted by molar-refractivity contribution is -0.384. The van der Waals surface area contributed by atoms with E-state index in [4.69, 9.17) is 0 Å². The summed E-state index contributed by atoms with van der Waals surface area (Å²) in [6, 6.07) is 3.54. The maximum absolute atomic E-state index is 12.4. The Morgan fingerprint density at radius 3 is 2.74 bits per heavy atom. The number of imide groups is 1. The molecule has 1 unspecified atom stereocenters. The highest BCUT2D eigenvalue weighted by atomic mass is 16.6. The van der Waals surface area contributed by atoms with E-state index in [9.17, 15) is 24.5 Å². The molecule has 2 aliphatic rings. The molecule has 1 N–H and O–H groups in total. The Balaban J connectivity index is 1.51. The summed E-state index contributed by atoms with van der Waals surface area (Å²) in [6.07, 6.45) is 2.54. The van der Waals surface area contributed by atoms with Crippen LogP contribution < -0.4 is 5.32 Å². The molecule has 4 amide bonds. The summed E-state index contributed by atoms with van der Waals surface area (Å²) in [5, 5.41) is 13.7. The van der Waals surface area contributed by atoms with Gasteiger partial charge in [-0.05, 0) is 31.2 Å². The van der Waals surface area contributed by atoms with Crippen LogP contribution >= 0.6 is 0 Å². The molecule has 0 bridgehead atoms. The van der Waals surface area contributed by atoms with Crippen LogP contribution in [0.2, 0.25) is 0 Å². The van der Waals surface area contributed by atoms with Gasteiger partial charge in [0.25, 0.3) is 17.5 Å². The fraction of sp³-hybridized carbons (Fsp3) is 0.500. The van der Waals surface area contributed by atoms with Gasteiger partial charge in [-0.1, -0.05) is 6.92 Å². The molecule has 0 spiro atoms. The highest BCUT2D eigenvalue weighted by Gasteiger charge is 2.36. The van der Waals surface area contributed by atoms with Crippen LogP contribution in [-0.4, -0.2) is 58.7 Å². The van der Waals surface area contributed by atoms with E-state index in [0.717, 1.165) is 36.9 Å². The fourth-order valence-electron chi connectivity index (χ4n) is 3.51. The predicted molar refractivity (Wildman–Crippen MR) is 96.5 cm³/mol. The van der Waals surface area contributed by atoms with Crippen molar-refractivity contribution in [2.24, 2.45) is 5.92 Å². The second kappa shape index (κ2) is 7.73. The lowest BCUT2D eigenvalue weighted by Crippen LogP contribution is -2.45. The van der Waals surface area contributed by atoms with E-state index in [2.05, 4.69) is 12.2 Å². The van der Waals surface area contributed by atoms with Crippen molar-refractivity contribution in [1.29, 1.82) is 0 Å². The molecule has 3 rings (SSSR count). The van der Waals surface area contributed by atoms with Gasteiger partial charge in [0.1, 0.15) is 0 Å². The molecule has 1 fully saturated rings. The van der Waals surface area contributed by atoms with Crippen molar-refractivity contribution in [3.63, 3.8) is 0 Å². The van der Waals surface area contributed by atoms with Crippen LogP contribution in [0.15, 0.2) is 18.2 Å². The Kier molecular flexibility index (Phi) is 5.38. The number of non-ortho nitro benzene ring substituents is 1. The van der Waals surface area contributed by atoms with Gasteiger partial charge in [-0.25, -0.2) is 4.79 Å². The Morgan fingerprint density at radius 1 is 1.30 bits per heavy atom. The van der Waals surface area contributed by atoms with Crippen molar-refractivity contribution < 1.29 is 19.3 Å². The van der Waals surface area contributed by atoms with Gasteiger partial charge in [-0.3, -0.25) is 24.6 Å². The number of nitro groups is 1. The zero-order valence-corrected chi connectivity index (χ0v) is 15.1. The zero-order chi connectivity index (χ0) is 19.6. The van der Waals surface area contributed by atoms with Gasteiger partial charge in [-0.2, -0.15) is 0 Å². The summed E-state index contributed by atoms with van der Waals surface area (Å²) >= 11 is 0. The van der Waals surface area contributed by atoms with Crippen molar-refractivity contribution in [1.82, 2.24) is 15.1 Å². The fourth-order valence-corrected chi connectivity index (χ4v) is 3.51. The maximum atomic E-state index is 12.4. The minimum atomic E-state index is -0.600.